The Hall–Kier alpha value is -1.07. The molecule has 0 saturated heterocycles. The Labute approximate surface area is 135 Å². The van der Waals surface area contributed by atoms with Crippen LogP contribution in [0.3, 0.4) is 0 Å². The number of unbranched alkanes of at least 4 members (excludes halogenated alkanes) is 5. The molecule has 0 aromatic heterocycles. The summed E-state index contributed by atoms with van der Waals surface area (Å²) in [4.78, 5) is 11.4. The van der Waals surface area contributed by atoms with Crippen molar-refractivity contribution in [3.05, 3.63) is 12.8 Å². The summed E-state index contributed by atoms with van der Waals surface area (Å²) >= 11 is 0. The molecule has 0 amide bonds. The van der Waals surface area contributed by atoms with Crippen LogP contribution in [0.4, 0.5) is 0 Å². The Bertz CT molecular complexity index is 255. The maximum Gasteiger partial charge on any atom is 0.305 e. The molecule has 0 saturated carbocycles. The van der Waals surface area contributed by atoms with Crippen molar-refractivity contribution in [3.63, 3.8) is 0 Å². The number of hydrogen-bond donors (Lipinski definition) is 0. The Morgan fingerprint density at radius 2 is 1.45 bits per heavy atom. The average Bonchev–Trinajstić information content (AvgIpc) is 2.52. The van der Waals surface area contributed by atoms with Crippen molar-refractivity contribution in [1.82, 2.24) is 0 Å². The third kappa shape index (κ3) is 17.0. The predicted molar refractivity (Wildman–Crippen MR) is 86.7 cm³/mol. The van der Waals surface area contributed by atoms with E-state index in [2.05, 4.69) is 13.5 Å². The minimum Gasteiger partial charge on any atom is -0.499 e. The highest BCUT2D eigenvalue weighted by Gasteiger charge is 2.02. The zero-order chi connectivity index (χ0) is 16.3. The smallest absolute Gasteiger partial charge is 0.305 e. The van der Waals surface area contributed by atoms with Crippen molar-refractivity contribution < 1.29 is 23.7 Å². The molecule has 0 atom stereocenters. The highest BCUT2D eigenvalue weighted by molar-refractivity contribution is 5.69. The highest BCUT2D eigenvalue weighted by Crippen LogP contribution is 2.07. The lowest BCUT2D eigenvalue weighted by Gasteiger charge is -2.07. The number of ether oxygens (including phenoxy) is 4. The van der Waals surface area contributed by atoms with Gasteiger partial charge in [-0.05, 0) is 6.42 Å². The molecule has 0 aliphatic carbocycles. The maximum atomic E-state index is 11.4. The summed E-state index contributed by atoms with van der Waals surface area (Å²) in [6.07, 6.45) is 8.94. The topological polar surface area (TPSA) is 54.0 Å². The summed E-state index contributed by atoms with van der Waals surface area (Å²) in [5, 5.41) is 0. The van der Waals surface area contributed by atoms with E-state index in [4.69, 9.17) is 18.9 Å². The minimum absolute atomic E-state index is 0.128. The molecule has 0 rings (SSSR count). The molecule has 0 fully saturated rings. The fourth-order valence-electron chi connectivity index (χ4n) is 1.85. The molecular formula is C17H32O5. The van der Waals surface area contributed by atoms with Crippen LogP contribution >= 0.6 is 0 Å². The van der Waals surface area contributed by atoms with Crippen molar-refractivity contribution in [2.45, 2.75) is 51.9 Å². The van der Waals surface area contributed by atoms with Gasteiger partial charge in [0.05, 0.1) is 32.7 Å². The lowest BCUT2D eigenvalue weighted by molar-refractivity contribution is -0.145. The van der Waals surface area contributed by atoms with Gasteiger partial charge in [-0.1, -0.05) is 45.6 Å². The third-order valence-electron chi connectivity index (χ3n) is 3.06. The Morgan fingerprint density at radius 3 is 2.14 bits per heavy atom. The van der Waals surface area contributed by atoms with Gasteiger partial charge in [-0.15, -0.1) is 0 Å². The van der Waals surface area contributed by atoms with Crippen molar-refractivity contribution in [3.8, 4) is 0 Å². The molecule has 0 aliphatic rings. The van der Waals surface area contributed by atoms with E-state index in [0.29, 0.717) is 46.1 Å². The molecule has 0 aliphatic heterocycles. The maximum absolute atomic E-state index is 11.4. The van der Waals surface area contributed by atoms with Gasteiger partial charge < -0.3 is 18.9 Å². The normalized spacial score (nSPS) is 10.4. The summed E-state index contributed by atoms with van der Waals surface area (Å²) in [5.41, 5.74) is 0. The Balaban J connectivity index is 3.13. The molecule has 0 bridgehead atoms. The Kier molecular flexibility index (Phi) is 17.1. The molecule has 0 spiro atoms. The summed E-state index contributed by atoms with van der Waals surface area (Å²) in [7, 11) is 0. The number of hydrogen-bond acceptors (Lipinski definition) is 5. The van der Waals surface area contributed by atoms with E-state index < -0.39 is 0 Å². The second-order valence-electron chi connectivity index (χ2n) is 5.00. The quantitative estimate of drug-likeness (QED) is 0.234. The fraction of sp³-hybridized carbons (Fsp3) is 0.824. The van der Waals surface area contributed by atoms with Crippen LogP contribution in [0.2, 0.25) is 0 Å². The second kappa shape index (κ2) is 18.0. The largest absolute Gasteiger partial charge is 0.499 e. The first-order valence-electron chi connectivity index (χ1n) is 8.34. The van der Waals surface area contributed by atoms with E-state index in [1.165, 1.54) is 31.9 Å². The van der Waals surface area contributed by atoms with E-state index in [9.17, 15) is 4.79 Å². The average molecular weight is 316 g/mol. The number of carbonyl (C=O) groups excluding carboxylic acids is 1. The Morgan fingerprint density at radius 1 is 0.864 bits per heavy atom. The van der Waals surface area contributed by atoms with Crippen LogP contribution in [0.25, 0.3) is 0 Å². The van der Waals surface area contributed by atoms with Gasteiger partial charge in [-0.2, -0.15) is 0 Å². The molecular weight excluding hydrogens is 284 g/mol. The van der Waals surface area contributed by atoms with Gasteiger partial charge in [-0.3, -0.25) is 4.79 Å². The fourth-order valence-corrected chi connectivity index (χ4v) is 1.85. The van der Waals surface area contributed by atoms with Gasteiger partial charge in [0.2, 0.25) is 0 Å². The second-order valence-corrected chi connectivity index (χ2v) is 5.00. The summed E-state index contributed by atoms with van der Waals surface area (Å²) < 4.78 is 20.5. The van der Waals surface area contributed by atoms with Gasteiger partial charge in [0.25, 0.3) is 0 Å². The van der Waals surface area contributed by atoms with Gasteiger partial charge in [0.15, 0.2) is 0 Å². The van der Waals surface area contributed by atoms with Crippen molar-refractivity contribution >= 4 is 5.97 Å². The standard InChI is InChI=1S/C17H32O5/c1-3-5-6-7-8-9-10-17(18)22-16-15-21-14-13-20-12-11-19-4-2/h4H,2-3,5-16H2,1H3. The first kappa shape index (κ1) is 20.9. The van der Waals surface area contributed by atoms with Crippen molar-refractivity contribution in [2.75, 3.05) is 39.6 Å². The zero-order valence-electron chi connectivity index (χ0n) is 14.0. The molecule has 5 heteroatoms. The highest BCUT2D eigenvalue weighted by atomic mass is 16.6. The molecule has 5 nitrogen and oxygen atoms in total. The third-order valence-corrected chi connectivity index (χ3v) is 3.06. The van der Waals surface area contributed by atoms with Gasteiger partial charge in [0, 0.05) is 6.42 Å². The van der Waals surface area contributed by atoms with Crippen LogP contribution in [0.1, 0.15) is 51.9 Å². The van der Waals surface area contributed by atoms with E-state index >= 15 is 0 Å². The molecule has 0 radical (unpaired) electrons. The molecule has 130 valence electrons. The van der Waals surface area contributed by atoms with E-state index in [0.717, 1.165) is 12.8 Å². The molecule has 0 unspecified atom stereocenters. The number of carbonyl (C=O) groups is 1. The summed E-state index contributed by atoms with van der Waals surface area (Å²) in [6.45, 7) is 8.37. The lowest BCUT2D eigenvalue weighted by atomic mass is 10.1. The van der Waals surface area contributed by atoms with Gasteiger partial charge in [0.1, 0.15) is 13.2 Å². The van der Waals surface area contributed by atoms with Crippen LogP contribution in [-0.4, -0.2) is 45.6 Å². The summed E-state index contributed by atoms with van der Waals surface area (Å²) in [6, 6.07) is 0. The van der Waals surface area contributed by atoms with E-state index in [-0.39, 0.29) is 5.97 Å². The lowest BCUT2D eigenvalue weighted by Crippen LogP contribution is -2.13. The zero-order valence-corrected chi connectivity index (χ0v) is 14.0. The van der Waals surface area contributed by atoms with Gasteiger partial charge >= 0.3 is 5.97 Å². The monoisotopic (exact) mass is 316 g/mol. The number of rotatable bonds is 17. The van der Waals surface area contributed by atoms with Crippen LogP contribution in [0.5, 0.6) is 0 Å². The first-order chi connectivity index (χ1) is 10.8. The molecule has 0 aromatic carbocycles. The van der Waals surface area contributed by atoms with Crippen molar-refractivity contribution in [1.29, 1.82) is 0 Å². The number of esters is 1. The van der Waals surface area contributed by atoms with Gasteiger partial charge in [-0.25, -0.2) is 0 Å². The molecule has 0 N–H and O–H groups in total. The molecule has 0 heterocycles. The van der Waals surface area contributed by atoms with Crippen LogP contribution in [-0.2, 0) is 23.7 Å². The SMILES string of the molecule is C=COCCOCCOCCOC(=O)CCCCCCCC. The van der Waals surface area contributed by atoms with Crippen molar-refractivity contribution in [2.24, 2.45) is 0 Å². The summed E-state index contributed by atoms with van der Waals surface area (Å²) in [5.74, 6) is -0.128. The predicted octanol–water partition coefficient (Wildman–Crippen LogP) is 3.47. The molecule has 22 heavy (non-hydrogen) atoms. The molecule has 0 aromatic rings. The van der Waals surface area contributed by atoms with Crippen LogP contribution < -0.4 is 0 Å². The first-order valence-corrected chi connectivity index (χ1v) is 8.34. The van der Waals surface area contributed by atoms with Crippen LogP contribution in [0.15, 0.2) is 12.8 Å². The van der Waals surface area contributed by atoms with E-state index in [1.807, 2.05) is 0 Å². The van der Waals surface area contributed by atoms with E-state index in [1.54, 1.807) is 0 Å². The van der Waals surface area contributed by atoms with Crippen LogP contribution in [0, 0.1) is 0 Å². The minimum atomic E-state index is -0.128.